The van der Waals surface area contributed by atoms with Gasteiger partial charge in [-0.2, -0.15) is 12.7 Å². The minimum atomic E-state index is -3.80. The zero-order valence-corrected chi connectivity index (χ0v) is 20.1. The highest BCUT2D eigenvalue weighted by Gasteiger charge is 2.35. The summed E-state index contributed by atoms with van der Waals surface area (Å²) in [6.07, 6.45) is 1.21. The predicted octanol–water partition coefficient (Wildman–Crippen LogP) is 3.71. The minimum absolute atomic E-state index is 0.0472. The maximum atomic E-state index is 13.4. The lowest BCUT2D eigenvalue weighted by Gasteiger charge is -2.35. The van der Waals surface area contributed by atoms with Crippen molar-refractivity contribution in [1.29, 1.82) is 0 Å². The standard InChI is InChI=1S/C24H31N3O5S/c1-4-27(22-12-14-23(15-13-22)32-5-2)33(30,31)26-16-6-7-20(17-26)24(29)25-21-10-8-19(9-11-21)18(3)28/h8-15,20H,4-7,16-17H2,1-3H3,(H,25,29)/t20-/m0/s1. The fourth-order valence-electron chi connectivity index (χ4n) is 3.89. The maximum Gasteiger partial charge on any atom is 0.304 e. The van der Waals surface area contributed by atoms with E-state index in [1.807, 2.05) is 6.92 Å². The summed E-state index contributed by atoms with van der Waals surface area (Å²) in [4.78, 5) is 24.3. The summed E-state index contributed by atoms with van der Waals surface area (Å²) in [5, 5.41) is 2.84. The zero-order chi connectivity index (χ0) is 24.0. The Labute approximate surface area is 195 Å². The van der Waals surface area contributed by atoms with E-state index >= 15 is 0 Å². The number of ketones is 1. The van der Waals surface area contributed by atoms with Crippen LogP contribution in [0.2, 0.25) is 0 Å². The fraction of sp³-hybridized carbons (Fsp3) is 0.417. The number of Topliss-reactive ketones (excluding diaryl/α,β-unsaturated/α-hetero) is 1. The Morgan fingerprint density at radius 2 is 1.76 bits per heavy atom. The molecule has 1 aliphatic rings. The molecule has 1 amide bonds. The Kier molecular flexibility index (Phi) is 8.10. The maximum absolute atomic E-state index is 13.4. The van der Waals surface area contributed by atoms with Crippen molar-refractivity contribution in [3.63, 3.8) is 0 Å². The van der Waals surface area contributed by atoms with Gasteiger partial charge in [-0.25, -0.2) is 0 Å². The van der Waals surface area contributed by atoms with Gasteiger partial charge in [-0.3, -0.25) is 13.9 Å². The van der Waals surface area contributed by atoms with Gasteiger partial charge in [0.2, 0.25) is 5.91 Å². The van der Waals surface area contributed by atoms with Gasteiger partial charge in [-0.1, -0.05) is 0 Å². The number of hydrogen-bond donors (Lipinski definition) is 1. The topological polar surface area (TPSA) is 96.0 Å². The highest BCUT2D eigenvalue weighted by Crippen LogP contribution is 2.27. The molecule has 2 aromatic rings. The van der Waals surface area contributed by atoms with Gasteiger partial charge in [0, 0.05) is 30.9 Å². The molecule has 1 saturated heterocycles. The number of piperidine rings is 1. The molecule has 0 radical (unpaired) electrons. The van der Waals surface area contributed by atoms with Crippen LogP contribution in [0.5, 0.6) is 5.75 Å². The molecule has 1 atom stereocenters. The molecule has 1 N–H and O–H groups in total. The van der Waals surface area contributed by atoms with Crippen LogP contribution in [-0.2, 0) is 15.0 Å². The molecule has 1 fully saturated rings. The first-order valence-corrected chi connectivity index (χ1v) is 12.6. The van der Waals surface area contributed by atoms with Crippen molar-refractivity contribution >= 4 is 33.3 Å². The van der Waals surface area contributed by atoms with Crippen molar-refractivity contribution in [1.82, 2.24) is 4.31 Å². The second kappa shape index (κ2) is 10.8. The Morgan fingerprint density at radius 3 is 2.33 bits per heavy atom. The SMILES string of the molecule is CCOc1ccc(N(CC)S(=O)(=O)N2CCC[C@H](C(=O)Nc3ccc(C(C)=O)cc3)C2)cc1. The molecule has 1 aliphatic heterocycles. The van der Waals surface area contributed by atoms with Crippen LogP contribution in [0.25, 0.3) is 0 Å². The first-order chi connectivity index (χ1) is 15.8. The fourth-order valence-corrected chi connectivity index (χ4v) is 5.61. The number of hydrogen-bond acceptors (Lipinski definition) is 5. The molecule has 9 heteroatoms. The third-order valence-corrected chi connectivity index (χ3v) is 7.65. The van der Waals surface area contributed by atoms with Crippen molar-refractivity contribution in [2.24, 2.45) is 5.92 Å². The number of nitrogens with one attached hydrogen (secondary N) is 1. The molecule has 0 aromatic heterocycles. The van der Waals surface area contributed by atoms with Gasteiger partial charge in [-0.05, 0) is 82.1 Å². The first kappa shape index (κ1) is 24.7. The number of carbonyl (C=O) groups is 2. The van der Waals surface area contributed by atoms with Crippen LogP contribution >= 0.6 is 0 Å². The van der Waals surface area contributed by atoms with Crippen LogP contribution in [-0.4, -0.2) is 50.7 Å². The minimum Gasteiger partial charge on any atom is -0.494 e. The quantitative estimate of drug-likeness (QED) is 0.560. The molecule has 0 spiro atoms. The van der Waals surface area contributed by atoms with E-state index < -0.39 is 16.1 Å². The summed E-state index contributed by atoms with van der Waals surface area (Å²) in [6.45, 7) is 6.45. The first-order valence-electron chi connectivity index (χ1n) is 11.2. The summed E-state index contributed by atoms with van der Waals surface area (Å²) in [5.74, 6) is -0.0515. The van der Waals surface area contributed by atoms with E-state index in [0.717, 1.165) is 0 Å². The Balaban J connectivity index is 1.70. The highest BCUT2D eigenvalue weighted by atomic mass is 32.2. The summed E-state index contributed by atoms with van der Waals surface area (Å²) in [5.41, 5.74) is 1.70. The Hall–Kier alpha value is -2.91. The van der Waals surface area contributed by atoms with Crippen molar-refractivity contribution in [2.45, 2.75) is 33.6 Å². The van der Waals surface area contributed by atoms with E-state index in [-0.39, 0.29) is 24.8 Å². The Morgan fingerprint density at radius 1 is 1.09 bits per heavy atom. The second-order valence-electron chi connectivity index (χ2n) is 7.92. The number of ether oxygens (including phenoxy) is 1. The highest BCUT2D eigenvalue weighted by molar-refractivity contribution is 7.90. The Bertz CT molecular complexity index is 1070. The average molecular weight is 474 g/mol. The molecule has 178 valence electrons. The van der Waals surface area contributed by atoms with Crippen molar-refractivity contribution in [2.75, 3.05) is 35.9 Å². The molecular weight excluding hydrogens is 442 g/mol. The molecule has 0 aliphatic carbocycles. The van der Waals surface area contributed by atoms with Crippen molar-refractivity contribution in [3.05, 3.63) is 54.1 Å². The van der Waals surface area contributed by atoms with Crippen LogP contribution in [0.15, 0.2) is 48.5 Å². The number of nitrogens with zero attached hydrogens (tertiary/aromatic N) is 2. The summed E-state index contributed by atoms with van der Waals surface area (Å²) >= 11 is 0. The number of carbonyl (C=O) groups excluding carboxylic acids is 2. The van der Waals surface area contributed by atoms with E-state index in [9.17, 15) is 18.0 Å². The van der Waals surface area contributed by atoms with Crippen molar-refractivity contribution in [3.8, 4) is 5.75 Å². The molecule has 3 rings (SSSR count). The average Bonchev–Trinajstić information content (AvgIpc) is 2.81. The third-order valence-electron chi connectivity index (χ3n) is 5.64. The molecule has 1 heterocycles. The van der Waals surface area contributed by atoms with Crippen LogP contribution in [0, 0.1) is 5.92 Å². The molecule has 2 aromatic carbocycles. The number of rotatable bonds is 9. The lowest BCUT2D eigenvalue weighted by Crippen LogP contribution is -2.50. The molecular formula is C24H31N3O5S. The van der Waals surface area contributed by atoms with Crippen LogP contribution in [0.3, 0.4) is 0 Å². The van der Waals surface area contributed by atoms with Crippen LogP contribution < -0.4 is 14.4 Å². The van der Waals surface area contributed by atoms with Gasteiger partial charge in [0.1, 0.15) is 5.75 Å². The monoisotopic (exact) mass is 473 g/mol. The van der Waals surface area contributed by atoms with E-state index in [2.05, 4.69) is 5.32 Å². The van der Waals surface area contributed by atoms with Crippen LogP contribution in [0.1, 0.15) is 44.0 Å². The zero-order valence-electron chi connectivity index (χ0n) is 19.3. The number of anilines is 2. The number of amides is 1. The summed E-state index contributed by atoms with van der Waals surface area (Å²) in [7, 11) is -3.80. The molecule has 8 nitrogen and oxygen atoms in total. The lowest BCUT2D eigenvalue weighted by atomic mass is 9.98. The molecule has 0 unspecified atom stereocenters. The third kappa shape index (κ3) is 5.91. The molecule has 0 saturated carbocycles. The van der Waals surface area contributed by atoms with E-state index in [1.54, 1.807) is 55.5 Å². The van der Waals surface area contributed by atoms with E-state index in [4.69, 9.17) is 4.74 Å². The largest absolute Gasteiger partial charge is 0.494 e. The summed E-state index contributed by atoms with van der Waals surface area (Å²) < 4.78 is 35.0. The molecule has 33 heavy (non-hydrogen) atoms. The van der Waals surface area contributed by atoms with Crippen LogP contribution in [0.4, 0.5) is 11.4 Å². The van der Waals surface area contributed by atoms with Gasteiger partial charge >= 0.3 is 10.2 Å². The van der Waals surface area contributed by atoms with Gasteiger partial charge in [0.25, 0.3) is 0 Å². The van der Waals surface area contributed by atoms with Gasteiger partial charge in [0.05, 0.1) is 18.2 Å². The predicted molar refractivity (Wildman–Crippen MR) is 129 cm³/mol. The molecule has 0 bridgehead atoms. The van der Waals surface area contributed by atoms with Gasteiger partial charge < -0.3 is 10.1 Å². The smallest absolute Gasteiger partial charge is 0.304 e. The second-order valence-corrected chi connectivity index (χ2v) is 9.77. The van der Waals surface area contributed by atoms with Crippen molar-refractivity contribution < 1.29 is 22.7 Å². The van der Waals surface area contributed by atoms with E-state index in [1.165, 1.54) is 15.5 Å². The van der Waals surface area contributed by atoms with Gasteiger partial charge in [-0.15, -0.1) is 0 Å². The lowest BCUT2D eigenvalue weighted by molar-refractivity contribution is -0.120. The summed E-state index contributed by atoms with van der Waals surface area (Å²) in [6, 6.07) is 13.6. The van der Waals surface area contributed by atoms with E-state index in [0.29, 0.717) is 48.7 Å². The normalized spacial score (nSPS) is 16.8. The van der Waals surface area contributed by atoms with Gasteiger partial charge in [0.15, 0.2) is 5.78 Å². The number of benzene rings is 2.